The molecule has 1 amide bonds. The highest BCUT2D eigenvalue weighted by atomic mass is 16.5. The monoisotopic (exact) mass is 1240 g/mol. The number of unbranched alkanes of at least 4 members (excludes halogenated alkanes) is 64. The Balaban J connectivity index is 3.35. The predicted octanol–water partition coefficient (Wildman–Crippen LogP) is 26.8. The van der Waals surface area contributed by atoms with Crippen LogP contribution in [0.2, 0.25) is 0 Å². The van der Waals surface area contributed by atoms with Gasteiger partial charge in [-0.3, -0.25) is 9.59 Å². The Labute approximate surface area is 551 Å². The molecule has 0 radical (unpaired) electrons. The van der Waals surface area contributed by atoms with Crippen LogP contribution in [0.4, 0.5) is 0 Å². The van der Waals surface area contributed by atoms with Crippen LogP contribution in [-0.2, 0) is 14.3 Å². The summed E-state index contributed by atoms with van der Waals surface area (Å²) in [4.78, 5) is 24.6. The summed E-state index contributed by atoms with van der Waals surface area (Å²) in [6.07, 6.45) is 100. The first-order chi connectivity index (χ1) is 43.5. The number of rotatable bonds is 77. The van der Waals surface area contributed by atoms with Gasteiger partial charge in [0.05, 0.1) is 25.4 Å². The standard InChI is InChI=1S/C82H159NO5/c1-3-5-7-9-11-13-15-17-18-19-20-38-41-44-47-51-54-58-62-66-70-74-80(85)79(78-84)83-81(86)75-71-67-63-59-55-52-48-45-42-39-36-34-32-30-28-26-24-22-21-23-25-27-29-31-33-35-37-40-43-46-49-53-57-61-65-69-73-77-88-82(87)76-72-68-64-60-56-50-16-14-12-10-8-6-4-2/h21,23,70,74,79-80,84-85H,3-20,22,24-69,71-73,75-78H2,1-2H3,(H,83,86)/b23-21-,74-70+. The second kappa shape index (κ2) is 77.8. The molecule has 6 nitrogen and oxygen atoms in total. The number of hydrogen-bond acceptors (Lipinski definition) is 5. The molecule has 0 aromatic rings. The van der Waals surface area contributed by atoms with Crippen LogP contribution < -0.4 is 5.32 Å². The third-order valence-electron chi connectivity index (χ3n) is 19.2. The number of amides is 1. The molecule has 522 valence electrons. The minimum atomic E-state index is -0.842. The van der Waals surface area contributed by atoms with Crippen molar-refractivity contribution in [3.05, 3.63) is 24.3 Å². The average Bonchev–Trinajstić information content (AvgIpc) is 3.59. The van der Waals surface area contributed by atoms with Crippen LogP contribution in [0.5, 0.6) is 0 Å². The van der Waals surface area contributed by atoms with Crippen molar-refractivity contribution in [2.24, 2.45) is 0 Å². The van der Waals surface area contributed by atoms with Gasteiger partial charge in [0.15, 0.2) is 0 Å². The number of hydrogen-bond donors (Lipinski definition) is 3. The lowest BCUT2D eigenvalue weighted by molar-refractivity contribution is -0.143. The molecule has 0 rings (SSSR count). The minimum Gasteiger partial charge on any atom is -0.466 e. The lowest BCUT2D eigenvalue weighted by atomic mass is 10.0. The third-order valence-corrected chi connectivity index (χ3v) is 19.2. The van der Waals surface area contributed by atoms with Crippen molar-refractivity contribution in [1.82, 2.24) is 5.32 Å². The average molecular weight is 1240 g/mol. The van der Waals surface area contributed by atoms with Gasteiger partial charge in [0.25, 0.3) is 0 Å². The fourth-order valence-electron chi connectivity index (χ4n) is 13.0. The van der Waals surface area contributed by atoms with Gasteiger partial charge in [-0.1, -0.05) is 417 Å². The quantitative estimate of drug-likeness (QED) is 0.0320. The van der Waals surface area contributed by atoms with Crippen molar-refractivity contribution in [3.8, 4) is 0 Å². The number of nitrogens with one attached hydrogen (secondary N) is 1. The van der Waals surface area contributed by atoms with Crippen LogP contribution in [0.1, 0.15) is 463 Å². The minimum absolute atomic E-state index is 0.0237. The van der Waals surface area contributed by atoms with Gasteiger partial charge in [0.2, 0.25) is 5.91 Å². The molecule has 0 bridgehead atoms. The van der Waals surface area contributed by atoms with Crippen molar-refractivity contribution in [1.29, 1.82) is 0 Å². The Morgan fingerprint density at radius 3 is 0.807 bits per heavy atom. The molecule has 0 fully saturated rings. The summed E-state index contributed by atoms with van der Waals surface area (Å²) in [5.74, 6) is -0.0353. The van der Waals surface area contributed by atoms with E-state index >= 15 is 0 Å². The molecule has 2 atom stereocenters. The van der Waals surface area contributed by atoms with Crippen molar-refractivity contribution >= 4 is 11.9 Å². The summed E-state index contributed by atoms with van der Waals surface area (Å²) in [5.41, 5.74) is 0. The second-order valence-corrected chi connectivity index (χ2v) is 28.1. The van der Waals surface area contributed by atoms with Crippen molar-refractivity contribution in [2.75, 3.05) is 13.2 Å². The number of aliphatic hydroxyl groups is 2. The lowest BCUT2D eigenvalue weighted by Crippen LogP contribution is -2.45. The molecule has 0 saturated carbocycles. The molecule has 0 aromatic heterocycles. The second-order valence-electron chi connectivity index (χ2n) is 28.1. The van der Waals surface area contributed by atoms with Crippen LogP contribution in [0.25, 0.3) is 0 Å². The molecule has 0 heterocycles. The first-order valence-corrected chi connectivity index (χ1v) is 40.6. The number of ether oxygens (including phenoxy) is 1. The smallest absolute Gasteiger partial charge is 0.305 e. The van der Waals surface area contributed by atoms with E-state index < -0.39 is 12.1 Å². The first kappa shape index (κ1) is 86.3. The molecular formula is C82H159NO5. The maximum atomic E-state index is 12.5. The molecule has 2 unspecified atom stereocenters. The summed E-state index contributed by atoms with van der Waals surface area (Å²) >= 11 is 0. The zero-order valence-electron chi connectivity index (χ0n) is 60.0. The highest BCUT2D eigenvalue weighted by molar-refractivity contribution is 5.76. The molecular weight excluding hydrogens is 1080 g/mol. The molecule has 0 aliphatic carbocycles. The molecule has 0 spiro atoms. The number of esters is 1. The first-order valence-electron chi connectivity index (χ1n) is 40.6. The van der Waals surface area contributed by atoms with E-state index in [1.807, 2.05) is 6.08 Å². The van der Waals surface area contributed by atoms with Gasteiger partial charge in [0, 0.05) is 12.8 Å². The predicted molar refractivity (Wildman–Crippen MR) is 389 cm³/mol. The molecule has 6 heteroatoms. The largest absolute Gasteiger partial charge is 0.466 e. The van der Waals surface area contributed by atoms with Gasteiger partial charge in [-0.25, -0.2) is 0 Å². The fraction of sp³-hybridized carbons (Fsp3) is 0.927. The Morgan fingerprint density at radius 2 is 0.534 bits per heavy atom. The van der Waals surface area contributed by atoms with Crippen molar-refractivity contribution in [2.45, 2.75) is 475 Å². The van der Waals surface area contributed by atoms with E-state index in [9.17, 15) is 19.8 Å². The van der Waals surface area contributed by atoms with Crippen molar-refractivity contribution in [3.63, 3.8) is 0 Å². The summed E-state index contributed by atoms with van der Waals surface area (Å²) < 4.78 is 5.50. The maximum Gasteiger partial charge on any atom is 0.305 e. The van der Waals surface area contributed by atoms with Crippen LogP contribution in [0, 0.1) is 0 Å². The maximum absolute atomic E-state index is 12.5. The molecule has 0 aliphatic heterocycles. The summed E-state index contributed by atoms with van der Waals surface area (Å²) in [5, 5.41) is 23.3. The number of carbonyl (C=O) groups excluding carboxylic acids is 2. The van der Waals surface area contributed by atoms with E-state index in [-0.39, 0.29) is 18.5 Å². The van der Waals surface area contributed by atoms with Gasteiger partial charge in [-0.05, 0) is 57.8 Å². The van der Waals surface area contributed by atoms with E-state index in [1.165, 1.54) is 398 Å². The summed E-state index contributed by atoms with van der Waals surface area (Å²) in [6.45, 7) is 4.96. The zero-order valence-corrected chi connectivity index (χ0v) is 60.0. The van der Waals surface area contributed by atoms with E-state index in [4.69, 9.17) is 4.74 Å². The van der Waals surface area contributed by atoms with Gasteiger partial charge in [-0.15, -0.1) is 0 Å². The van der Waals surface area contributed by atoms with Crippen LogP contribution in [0.15, 0.2) is 24.3 Å². The van der Waals surface area contributed by atoms with Crippen LogP contribution in [-0.4, -0.2) is 47.4 Å². The van der Waals surface area contributed by atoms with E-state index in [1.54, 1.807) is 6.08 Å². The normalized spacial score (nSPS) is 12.5. The van der Waals surface area contributed by atoms with E-state index in [0.29, 0.717) is 19.4 Å². The zero-order chi connectivity index (χ0) is 63.5. The van der Waals surface area contributed by atoms with E-state index in [0.717, 1.165) is 38.5 Å². The number of aliphatic hydroxyl groups excluding tert-OH is 2. The molecule has 88 heavy (non-hydrogen) atoms. The van der Waals surface area contributed by atoms with Crippen molar-refractivity contribution < 1.29 is 24.5 Å². The number of allylic oxidation sites excluding steroid dienone is 3. The van der Waals surface area contributed by atoms with E-state index in [2.05, 4.69) is 31.3 Å². The summed E-state index contributed by atoms with van der Waals surface area (Å²) in [7, 11) is 0. The molecule has 0 saturated heterocycles. The van der Waals surface area contributed by atoms with Gasteiger partial charge in [0.1, 0.15) is 0 Å². The SMILES string of the molecule is CCCCCCCCCCCCCCCCCCCCC/C=C/C(O)C(CO)NC(=O)CCCCCCCCCCCCCCCCCCC/C=C\CCCCCCCCCCCCCCCCCCOC(=O)CCCCCCCCCCCCCCC. The lowest BCUT2D eigenvalue weighted by Gasteiger charge is -2.20. The Kier molecular flexibility index (Phi) is 76.3. The molecule has 0 aliphatic rings. The van der Waals surface area contributed by atoms with Gasteiger partial charge >= 0.3 is 5.97 Å². The third kappa shape index (κ3) is 73.4. The highest BCUT2D eigenvalue weighted by Gasteiger charge is 2.18. The molecule has 0 aromatic carbocycles. The topological polar surface area (TPSA) is 95.9 Å². The Hall–Kier alpha value is -1.66. The van der Waals surface area contributed by atoms with Gasteiger partial charge in [-0.2, -0.15) is 0 Å². The number of carbonyl (C=O) groups is 2. The van der Waals surface area contributed by atoms with Crippen LogP contribution >= 0.6 is 0 Å². The molecule has 3 N–H and O–H groups in total. The highest BCUT2D eigenvalue weighted by Crippen LogP contribution is 2.20. The fourth-order valence-corrected chi connectivity index (χ4v) is 13.0. The Bertz CT molecular complexity index is 1380. The summed E-state index contributed by atoms with van der Waals surface area (Å²) in [6, 6.07) is -0.626. The Morgan fingerprint density at radius 1 is 0.307 bits per heavy atom. The van der Waals surface area contributed by atoms with Crippen LogP contribution in [0.3, 0.4) is 0 Å². The van der Waals surface area contributed by atoms with Gasteiger partial charge < -0.3 is 20.3 Å².